The molecule has 0 heterocycles. The minimum Gasteiger partial charge on any atom is -0.324 e. The number of amides is 1. The topological polar surface area (TPSA) is 66.5 Å². The molecule has 2 aromatic rings. The summed E-state index contributed by atoms with van der Waals surface area (Å²) < 4.78 is 78.7. The number of carbonyl (C=O) groups is 1. The molecule has 5 nitrogen and oxygen atoms in total. The van der Waals surface area contributed by atoms with Gasteiger partial charge in [0.2, 0.25) is 15.9 Å². The molecule has 2 aromatic carbocycles. The summed E-state index contributed by atoms with van der Waals surface area (Å²) in [6.07, 6.45) is -4.02. The van der Waals surface area contributed by atoms with Crippen LogP contribution in [0.5, 0.6) is 0 Å². The highest BCUT2D eigenvalue weighted by Gasteiger charge is 2.36. The first-order chi connectivity index (χ1) is 13.0. The summed E-state index contributed by atoms with van der Waals surface area (Å²) in [5.41, 5.74) is -1.95. The number of hydrogen-bond acceptors (Lipinski definition) is 3. The third-order valence-corrected chi connectivity index (χ3v) is 5.08. The third kappa shape index (κ3) is 4.80. The zero-order valence-electron chi connectivity index (χ0n) is 15.0. The summed E-state index contributed by atoms with van der Waals surface area (Å²) in [5.74, 6) is -1.89. The average Bonchev–Trinajstić information content (AvgIpc) is 2.59. The molecule has 2 rings (SSSR count). The highest BCUT2D eigenvalue weighted by Crippen LogP contribution is 2.35. The van der Waals surface area contributed by atoms with E-state index in [4.69, 9.17) is 0 Å². The molecule has 28 heavy (non-hydrogen) atoms. The minimum absolute atomic E-state index is 0.0958. The van der Waals surface area contributed by atoms with Gasteiger partial charge in [-0.25, -0.2) is 12.8 Å². The van der Waals surface area contributed by atoms with Gasteiger partial charge >= 0.3 is 6.18 Å². The first-order valence-corrected chi connectivity index (χ1v) is 10.0. The maximum Gasteiger partial charge on any atom is 0.418 e. The maximum atomic E-state index is 14.2. The van der Waals surface area contributed by atoms with E-state index in [0.29, 0.717) is 4.31 Å². The molecule has 0 aliphatic heterocycles. The van der Waals surface area contributed by atoms with E-state index < -0.39 is 45.2 Å². The van der Waals surface area contributed by atoms with Crippen LogP contribution in [0.3, 0.4) is 0 Å². The van der Waals surface area contributed by atoms with Crippen LogP contribution >= 0.6 is 0 Å². The number of halogens is 4. The predicted molar refractivity (Wildman–Crippen MR) is 97.9 cm³/mol. The second kappa shape index (κ2) is 8.17. The molecule has 0 aliphatic rings. The van der Waals surface area contributed by atoms with Gasteiger partial charge in [-0.05, 0) is 30.7 Å². The highest BCUT2D eigenvalue weighted by atomic mass is 32.2. The van der Waals surface area contributed by atoms with Crippen molar-refractivity contribution in [1.29, 1.82) is 0 Å². The van der Waals surface area contributed by atoms with Crippen molar-refractivity contribution < 1.29 is 30.8 Å². The molecule has 10 heteroatoms. The Morgan fingerprint density at radius 2 is 1.68 bits per heavy atom. The number of benzene rings is 2. The third-order valence-electron chi connectivity index (χ3n) is 3.91. The van der Waals surface area contributed by atoms with Gasteiger partial charge in [-0.1, -0.05) is 31.2 Å². The van der Waals surface area contributed by atoms with Crippen LogP contribution in [0.4, 0.5) is 28.9 Å². The summed E-state index contributed by atoms with van der Waals surface area (Å²) in [6.45, 7) is 1.47. The van der Waals surface area contributed by atoms with Crippen LogP contribution in [0.15, 0.2) is 48.5 Å². The smallest absolute Gasteiger partial charge is 0.324 e. The number of para-hydroxylation sites is 2. The molecule has 1 N–H and O–H groups in total. The number of nitrogens with zero attached hydrogens (tertiary/aromatic N) is 1. The quantitative estimate of drug-likeness (QED) is 0.721. The summed E-state index contributed by atoms with van der Waals surface area (Å²) in [4.78, 5) is 12.7. The Labute approximate surface area is 160 Å². The normalized spacial score (nSPS) is 13.1. The van der Waals surface area contributed by atoms with Gasteiger partial charge in [0.1, 0.15) is 11.9 Å². The van der Waals surface area contributed by atoms with E-state index >= 15 is 0 Å². The standard InChI is InChI=1S/C18H18F4N2O3S/c1-3-15(24(28(2,26)27)16-11-7-5-9-13(16)19)17(25)23-14-10-6-4-8-12(14)18(20,21)22/h4-11,15H,3H2,1-2H3,(H,23,25)/t15-/m0/s1. The number of alkyl halides is 3. The summed E-state index contributed by atoms with van der Waals surface area (Å²) in [5, 5.41) is 2.12. The molecule has 0 unspecified atom stereocenters. The Kier molecular flexibility index (Phi) is 6.33. The Morgan fingerprint density at radius 3 is 2.21 bits per heavy atom. The lowest BCUT2D eigenvalue weighted by Crippen LogP contribution is -2.47. The highest BCUT2D eigenvalue weighted by molar-refractivity contribution is 7.92. The molecule has 0 aromatic heterocycles. The zero-order chi connectivity index (χ0) is 21.1. The van der Waals surface area contributed by atoms with Crippen molar-refractivity contribution in [2.75, 3.05) is 15.9 Å². The van der Waals surface area contributed by atoms with E-state index in [9.17, 15) is 30.8 Å². The Bertz CT molecular complexity index is 961. The second-order valence-electron chi connectivity index (χ2n) is 5.97. The van der Waals surface area contributed by atoms with Crippen LogP contribution in [-0.4, -0.2) is 26.6 Å². The molecule has 0 saturated heterocycles. The lowest BCUT2D eigenvalue weighted by Gasteiger charge is -2.30. The molecule has 152 valence electrons. The van der Waals surface area contributed by atoms with Gasteiger partial charge in [-0.2, -0.15) is 13.2 Å². The van der Waals surface area contributed by atoms with Crippen molar-refractivity contribution in [2.45, 2.75) is 25.6 Å². The first kappa shape index (κ1) is 21.7. The van der Waals surface area contributed by atoms with Gasteiger partial charge in [-0.3, -0.25) is 9.10 Å². The number of carbonyl (C=O) groups excluding carboxylic acids is 1. The molecule has 0 radical (unpaired) electrons. The lowest BCUT2D eigenvalue weighted by molar-refractivity contribution is -0.137. The van der Waals surface area contributed by atoms with Gasteiger partial charge in [0, 0.05) is 0 Å². The molecule has 1 amide bonds. The first-order valence-electron chi connectivity index (χ1n) is 8.17. The zero-order valence-corrected chi connectivity index (χ0v) is 15.8. The van der Waals surface area contributed by atoms with Crippen molar-refractivity contribution in [2.24, 2.45) is 0 Å². The second-order valence-corrected chi connectivity index (χ2v) is 7.83. The van der Waals surface area contributed by atoms with E-state index in [1.54, 1.807) is 0 Å². The van der Waals surface area contributed by atoms with Gasteiger partial charge in [0.05, 0.1) is 23.2 Å². The number of hydrogen-bond donors (Lipinski definition) is 1. The maximum absolute atomic E-state index is 14.2. The lowest BCUT2D eigenvalue weighted by atomic mass is 10.1. The largest absolute Gasteiger partial charge is 0.418 e. The fourth-order valence-electron chi connectivity index (χ4n) is 2.72. The number of anilines is 2. The molecule has 0 fully saturated rings. The van der Waals surface area contributed by atoms with Crippen LogP contribution < -0.4 is 9.62 Å². The van der Waals surface area contributed by atoms with Crippen molar-refractivity contribution in [3.63, 3.8) is 0 Å². The van der Waals surface area contributed by atoms with Crippen molar-refractivity contribution >= 4 is 27.3 Å². The van der Waals surface area contributed by atoms with Crippen molar-refractivity contribution in [3.05, 3.63) is 59.9 Å². The number of sulfonamides is 1. The van der Waals surface area contributed by atoms with Gasteiger partial charge < -0.3 is 5.32 Å². The molecule has 0 bridgehead atoms. The molecule has 1 atom stereocenters. The predicted octanol–water partition coefficient (Wildman–Crippen LogP) is 4.03. The van der Waals surface area contributed by atoms with Crippen LogP contribution in [0.25, 0.3) is 0 Å². The number of rotatable bonds is 6. The van der Waals surface area contributed by atoms with Crippen LogP contribution in [0, 0.1) is 5.82 Å². The molecule has 0 aliphatic carbocycles. The Balaban J connectivity index is 2.46. The van der Waals surface area contributed by atoms with E-state index in [0.717, 1.165) is 30.5 Å². The van der Waals surface area contributed by atoms with E-state index in [-0.39, 0.29) is 12.1 Å². The van der Waals surface area contributed by atoms with Crippen LogP contribution in [0.2, 0.25) is 0 Å². The Morgan fingerprint density at radius 1 is 1.11 bits per heavy atom. The van der Waals surface area contributed by atoms with Gasteiger partial charge in [0.15, 0.2) is 0 Å². The molecule has 0 saturated carbocycles. The minimum atomic E-state index is -4.71. The van der Waals surface area contributed by atoms with E-state index in [2.05, 4.69) is 5.32 Å². The van der Waals surface area contributed by atoms with Gasteiger partial charge in [-0.15, -0.1) is 0 Å². The summed E-state index contributed by atoms with van der Waals surface area (Å²) in [7, 11) is -4.12. The average molecular weight is 418 g/mol. The Hall–Kier alpha value is -2.62. The molecule has 0 spiro atoms. The van der Waals surface area contributed by atoms with E-state index in [1.807, 2.05) is 0 Å². The number of nitrogens with one attached hydrogen (secondary N) is 1. The fraction of sp³-hybridized carbons (Fsp3) is 0.278. The summed E-state index contributed by atoms with van der Waals surface area (Å²) in [6, 6.07) is 7.80. The fourth-order valence-corrected chi connectivity index (χ4v) is 3.93. The monoisotopic (exact) mass is 418 g/mol. The van der Waals surface area contributed by atoms with E-state index in [1.165, 1.54) is 31.2 Å². The molecular weight excluding hydrogens is 400 g/mol. The van der Waals surface area contributed by atoms with Gasteiger partial charge in [0.25, 0.3) is 0 Å². The SMILES string of the molecule is CC[C@@H](C(=O)Nc1ccccc1C(F)(F)F)N(c1ccccc1F)S(C)(=O)=O. The van der Waals surface area contributed by atoms with Crippen LogP contribution in [0.1, 0.15) is 18.9 Å². The summed E-state index contributed by atoms with van der Waals surface area (Å²) >= 11 is 0. The van der Waals surface area contributed by atoms with Crippen LogP contribution in [-0.2, 0) is 21.0 Å². The molecular formula is C18H18F4N2O3S. The van der Waals surface area contributed by atoms with Crippen molar-refractivity contribution in [1.82, 2.24) is 0 Å². The van der Waals surface area contributed by atoms with Crippen molar-refractivity contribution in [3.8, 4) is 0 Å².